The van der Waals surface area contributed by atoms with Gasteiger partial charge in [-0.2, -0.15) is 0 Å². The van der Waals surface area contributed by atoms with Gasteiger partial charge in [-0.25, -0.2) is 9.59 Å². The number of aliphatic hydroxyl groups is 1. The van der Waals surface area contributed by atoms with Gasteiger partial charge in [0.2, 0.25) is 0 Å². The maximum atomic E-state index is 12.5. The molecule has 1 heterocycles. The molecule has 0 aromatic heterocycles. The largest absolute Gasteiger partial charge is 0.444 e. The lowest BCUT2D eigenvalue weighted by Gasteiger charge is -2.42. The molecule has 1 aliphatic rings. The van der Waals surface area contributed by atoms with Gasteiger partial charge in [0.1, 0.15) is 11.2 Å². The minimum Gasteiger partial charge on any atom is -0.444 e. The summed E-state index contributed by atoms with van der Waals surface area (Å²) in [5.41, 5.74) is -1.11. The summed E-state index contributed by atoms with van der Waals surface area (Å²) in [4.78, 5) is 28.2. The van der Waals surface area contributed by atoms with Crippen molar-refractivity contribution in [3.05, 3.63) is 0 Å². The van der Waals surface area contributed by atoms with Crippen LogP contribution in [0, 0.1) is 0 Å². The number of rotatable bonds is 4. The Labute approximate surface area is 151 Å². The van der Waals surface area contributed by atoms with E-state index in [1.54, 1.807) is 9.80 Å². The Morgan fingerprint density at radius 1 is 0.960 bits per heavy atom. The zero-order valence-corrected chi connectivity index (χ0v) is 16.5. The zero-order valence-electron chi connectivity index (χ0n) is 16.5. The first-order valence-corrected chi connectivity index (χ1v) is 9.01. The van der Waals surface area contributed by atoms with E-state index in [-0.39, 0.29) is 24.8 Å². The number of hydrogen-bond donors (Lipinski definition) is 1. The average molecular weight is 358 g/mol. The average Bonchev–Trinajstić information content (AvgIpc) is 2.43. The number of nitrogens with zero attached hydrogens (tertiary/aromatic N) is 2. The lowest BCUT2D eigenvalue weighted by atomic mass is 10.1. The van der Waals surface area contributed by atoms with Crippen LogP contribution in [0.3, 0.4) is 0 Å². The van der Waals surface area contributed by atoms with Crippen molar-refractivity contribution in [2.75, 3.05) is 26.2 Å². The third-order valence-corrected chi connectivity index (χ3v) is 3.71. The number of hydrogen-bond acceptors (Lipinski definition) is 5. The lowest BCUT2D eigenvalue weighted by Crippen LogP contribution is -2.57. The van der Waals surface area contributed by atoms with Gasteiger partial charge in [-0.3, -0.25) is 0 Å². The molecule has 0 aromatic carbocycles. The molecule has 7 nitrogen and oxygen atoms in total. The highest BCUT2D eigenvalue weighted by Crippen LogP contribution is 2.21. The molecule has 0 aromatic rings. The number of aliphatic hydroxyl groups excluding tert-OH is 1. The van der Waals surface area contributed by atoms with E-state index in [4.69, 9.17) is 14.6 Å². The molecule has 25 heavy (non-hydrogen) atoms. The quantitative estimate of drug-likeness (QED) is 0.782. The van der Waals surface area contributed by atoms with Crippen molar-refractivity contribution in [2.45, 2.75) is 78.0 Å². The monoisotopic (exact) mass is 358 g/mol. The Morgan fingerprint density at radius 2 is 1.52 bits per heavy atom. The van der Waals surface area contributed by atoms with Gasteiger partial charge in [0.25, 0.3) is 0 Å². The summed E-state index contributed by atoms with van der Waals surface area (Å²) in [5, 5.41) is 9.00. The summed E-state index contributed by atoms with van der Waals surface area (Å²) in [6.45, 7) is 12.4. The second-order valence-electron chi connectivity index (χ2n) is 8.47. The fraction of sp³-hybridized carbons (Fsp3) is 0.889. The molecule has 1 N–H and O–H groups in total. The van der Waals surface area contributed by atoms with E-state index >= 15 is 0 Å². The second kappa shape index (κ2) is 8.74. The molecule has 1 rings (SSSR count). The van der Waals surface area contributed by atoms with Crippen molar-refractivity contribution in [3.63, 3.8) is 0 Å². The van der Waals surface area contributed by atoms with E-state index in [0.29, 0.717) is 32.5 Å². The first-order valence-electron chi connectivity index (χ1n) is 9.01. The van der Waals surface area contributed by atoms with Crippen LogP contribution in [0.2, 0.25) is 0 Å². The van der Waals surface area contributed by atoms with Crippen LogP contribution < -0.4 is 0 Å². The Bertz CT molecular complexity index is 453. The van der Waals surface area contributed by atoms with Crippen LogP contribution in [0.25, 0.3) is 0 Å². The molecule has 146 valence electrons. The van der Waals surface area contributed by atoms with Crippen molar-refractivity contribution >= 4 is 12.2 Å². The molecule has 1 saturated heterocycles. The number of carbonyl (C=O) groups is 2. The Morgan fingerprint density at radius 3 is 2.04 bits per heavy atom. The fourth-order valence-electron chi connectivity index (χ4n) is 2.65. The van der Waals surface area contributed by atoms with Crippen molar-refractivity contribution in [1.82, 2.24) is 9.80 Å². The van der Waals surface area contributed by atoms with Crippen molar-refractivity contribution in [1.29, 1.82) is 0 Å². The summed E-state index contributed by atoms with van der Waals surface area (Å²) in [6, 6.07) is -0.136. The Kier molecular flexibility index (Phi) is 7.53. The van der Waals surface area contributed by atoms with Gasteiger partial charge >= 0.3 is 12.2 Å². The highest BCUT2D eigenvalue weighted by Gasteiger charge is 2.35. The summed E-state index contributed by atoms with van der Waals surface area (Å²) < 4.78 is 10.9. The van der Waals surface area contributed by atoms with Crippen molar-refractivity contribution < 1.29 is 24.2 Å². The van der Waals surface area contributed by atoms with Crippen LogP contribution in [0.5, 0.6) is 0 Å². The molecule has 1 fully saturated rings. The number of unbranched alkanes of at least 4 members (excludes halogenated alkanes) is 1. The molecule has 1 atom stereocenters. The molecule has 0 radical (unpaired) electrons. The van der Waals surface area contributed by atoms with Crippen LogP contribution in [-0.2, 0) is 9.47 Å². The smallest absolute Gasteiger partial charge is 0.410 e. The van der Waals surface area contributed by atoms with Gasteiger partial charge in [-0.05, 0) is 60.8 Å². The van der Waals surface area contributed by atoms with Crippen LogP contribution in [0.1, 0.15) is 60.8 Å². The van der Waals surface area contributed by atoms with Crippen LogP contribution in [-0.4, -0.2) is 70.6 Å². The van der Waals surface area contributed by atoms with Gasteiger partial charge in [0.15, 0.2) is 0 Å². The van der Waals surface area contributed by atoms with Gasteiger partial charge in [0, 0.05) is 26.2 Å². The van der Waals surface area contributed by atoms with Gasteiger partial charge in [0.05, 0.1) is 6.04 Å². The molecule has 1 unspecified atom stereocenters. The molecule has 7 heteroatoms. The summed E-state index contributed by atoms with van der Waals surface area (Å²) >= 11 is 0. The van der Waals surface area contributed by atoms with Crippen LogP contribution in [0.15, 0.2) is 0 Å². The molecule has 0 saturated carbocycles. The standard InChI is InChI=1S/C18H34N2O5/c1-17(2,3)24-15(22)19-10-11-20(16(23)25-18(4,5)6)14(13-19)9-7-8-12-21/h14,21H,7-13H2,1-6H3. The molecule has 0 bridgehead atoms. The Balaban J connectivity index is 2.77. The molecule has 0 spiro atoms. The van der Waals surface area contributed by atoms with Gasteiger partial charge < -0.3 is 24.4 Å². The number of carbonyl (C=O) groups excluding carboxylic acids is 2. The first-order chi connectivity index (χ1) is 11.4. The minimum absolute atomic E-state index is 0.120. The third kappa shape index (κ3) is 7.94. The van der Waals surface area contributed by atoms with Gasteiger partial charge in [-0.1, -0.05) is 0 Å². The van der Waals surface area contributed by atoms with Crippen LogP contribution >= 0.6 is 0 Å². The molecular weight excluding hydrogens is 324 g/mol. The highest BCUT2D eigenvalue weighted by atomic mass is 16.6. The first kappa shape index (κ1) is 21.5. The number of ether oxygens (including phenoxy) is 2. The van der Waals surface area contributed by atoms with Gasteiger partial charge in [-0.15, -0.1) is 0 Å². The number of piperazine rings is 1. The lowest BCUT2D eigenvalue weighted by molar-refractivity contribution is -0.0162. The minimum atomic E-state index is -0.560. The van der Waals surface area contributed by atoms with E-state index in [1.807, 2.05) is 41.5 Å². The summed E-state index contributed by atoms with van der Waals surface area (Å²) in [5.74, 6) is 0. The van der Waals surface area contributed by atoms with Crippen molar-refractivity contribution in [3.8, 4) is 0 Å². The van der Waals surface area contributed by atoms with E-state index in [0.717, 1.165) is 6.42 Å². The molecular formula is C18H34N2O5. The molecule has 2 amide bonds. The van der Waals surface area contributed by atoms with Crippen molar-refractivity contribution in [2.24, 2.45) is 0 Å². The Hall–Kier alpha value is -1.50. The molecule has 1 aliphatic heterocycles. The summed E-state index contributed by atoms with van der Waals surface area (Å²) in [6.07, 6.45) is 1.45. The van der Waals surface area contributed by atoms with E-state index in [9.17, 15) is 9.59 Å². The summed E-state index contributed by atoms with van der Waals surface area (Å²) in [7, 11) is 0. The van der Waals surface area contributed by atoms with Crippen LogP contribution in [0.4, 0.5) is 9.59 Å². The third-order valence-electron chi connectivity index (χ3n) is 3.71. The van der Waals surface area contributed by atoms with E-state index in [1.165, 1.54) is 0 Å². The second-order valence-corrected chi connectivity index (χ2v) is 8.47. The van der Waals surface area contributed by atoms with E-state index in [2.05, 4.69) is 0 Å². The maximum absolute atomic E-state index is 12.5. The predicted octanol–water partition coefficient (Wildman–Crippen LogP) is 3.01. The zero-order chi connectivity index (χ0) is 19.3. The molecule has 0 aliphatic carbocycles. The predicted molar refractivity (Wildman–Crippen MR) is 95.5 cm³/mol. The topological polar surface area (TPSA) is 79.3 Å². The normalized spacial score (nSPS) is 18.9. The number of amides is 2. The maximum Gasteiger partial charge on any atom is 0.410 e. The fourth-order valence-corrected chi connectivity index (χ4v) is 2.65. The van der Waals surface area contributed by atoms with E-state index < -0.39 is 11.2 Å². The highest BCUT2D eigenvalue weighted by molar-refractivity contribution is 5.71. The SMILES string of the molecule is CC(C)(C)OC(=O)N1CCN(C(=O)OC(C)(C)C)C(CCCCO)C1.